The van der Waals surface area contributed by atoms with E-state index in [1.54, 1.807) is 37.4 Å². The Bertz CT molecular complexity index is 681. The van der Waals surface area contributed by atoms with E-state index in [-0.39, 0.29) is 5.78 Å². The van der Waals surface area contributed by atoms with E-state index in [2.05, 4.69) is 31.9 Å². The summed E-state index contributed by atoms with van der Waals surface area (Å²) in [6.45, 7) is 0. The molecule has 2 rings (SSSR count). The summed E-state index contributed by atoms with van der Waals surface area (Å²) in [6.07, 6.45) is 0. The predicted molar refractivity (Wildman–Crippen MR) is 89.2 cm³/mol. The summed E-state index contributed by atoms with van der Waals surface area (Å²) < 4.78 is 11.8. The first-order chi connectivity index (χ1) is 9.96. The fourth-order valence-electron chi connectivity index (χ4n) is 1.93. The van der Waals surface area contributed by atoms with Crippen LogP contribution in [0.4, 0.5) is 5.69 Å². The average Bonchev–Trinajstić information content (AvgIpc) is 2.45. The number of methoxy groups -OCH3 is 2. The van der Waals surface area contributed by atoms with Crippen molar-refractivity contribution in [3.63, 3.8) is 0 Å². The molecule has 0 aliphatic heterocycles. The second-order valence-corrected chi connectivity index (χ2v) is 6.06. The lowest BCUT2D eigenvalue weighted by Crippen LogP contribution is -2.05. The van der Waals surface area contributed by atoms with Crippen LogP contribution < -0.4 is 15.2 Å². The van der Waals surface area contributed by atoms with Crippen molar-refractivity contribution in [3.8, 4) is 11.5 Å². The highest BCUT2D eigenvalue weighted by Crippen LogP contribution is 2.34. The lowest BCUT2D eigenvalue weighted by molar-refractivity contribution is 0.103. The van der Waals surface area contributed by atoms with E-state index in [4.69, 9.17) is 15.2 Å². The molecule has 21 heavy (non-hydrogen) atoms. The second kappa shape index (κ2) is 6.49. The molecular weight excluding hydrogens is 402 g/mol. The van der Waals surface area contributed by atoms with Gasteiger partial charge >= 0.3 is 0 Å². The van der Waals surface area contributed by atoms with Crippen molar-refractivity contribution in [1.82, 2.24) is 0 Å². The summed E-state index contributed by atoms with van der Waals surface area (Å²) in [5.41, 5.74) is 7.27. The summed E-state index contributed by atoms with van der Waals surface area (Å²) in [5, 5.41) is 0. The van der Waals surface area contributed by atoms with Gasteiger partial charge in [0, 0.05) is 25.8 Å². The van der Waals surface area contributed by atoms with Gasteiger partial charge in [-0.05, 0) is 46.3 Å². The fourth-order valence-corrected chi connectivity index (χ4v) is 2.94. The molecule has 4 nitrogen and oxygen atoms in total. The Morgan fingerprint density at radius 3 is 2.19 bits per heavy atom. The lowest BCUT2D eigenvalue weighted by Gasteiger charge is -2.11. The van der Waals surface area contributed by atoms with Gasteiger partial charge in [0.1, 0.15) is 0 Å². The molecule has 2 aromatic rings. The molecule has 0 heterocycles. The number of nitrogens with two attached hydrogens (primary N) is 1. The maximum Gasteiger partial charge on any atom is 0.194 e. The Balaban J connectivity index is 2.52. The Labute approximate surface area is 139 Å². The number of carbonyl (C=O) groups excluding carboxylic acids is 1. The number of ketones is 1. The van der Waals surface area contributed by atoms with Crippen molar-refractivity contribution in [3.05, 3.63) is 50.4 Å². The standard InChI is InChI=1S/C15H13Br2NO3/c1-20-13-6-11(12(17)7-14(13)21-2)15(19)8-3-9(16)5-10(18)4-8/h3-7H,18H2,1-2H3. The number of hydrogen-bond donors (Lipinski definition) is 1. The van der Waals surface area contributed by atoms with Gasteiger partial charge in [-0.15, -0.1) is 0 Å². The molecule has 0 unspecified atom stereocenters. The molecule has 0 saturated heterocycles. The molecule has 0 saturated carbocycles. The van der Waals surface area contributed by atoms with Crippen LogP contribution in [0.15, 0.2) is 39.3 Å². The minimum absolute atomic E-state index is 0.157. The molecule has 0 aliphatic carbocycles. The topological polar surface area (TPSA) is 61.5 Å². The predicted octanol–water partition coefficient (Wildman–Crippen LogP) is 4.04. The van der Waals surface area contributed by atoms with Crippen LogP contribution in [-0.4, -0.2) is 20.0 Å². The van der Waals surface area contributed by atoms with Crippen LogP contribution in [0.5, 0.6) is 11.5 Å². The monoisotopic (exact) mass is 413 g/mol. The van der Waals surface area contributed by atoms with Gasteiger partial charge in [-0.1, -0.05) is 15.9 Å². The normalized spacial score (nSPS) is 10.3. The van der Waals surface area contributed by atoms with Gasteiger partial charge in [0.2, 0.25) is 0 Å². The van der Waals surface area contributed by atoms with E-state index in [0.717, 1.165) is 4.47 Å². The first-order valence-corrected chi connectivity index (χ1v) is 7.57. The van der Waals surface area contributed by atoms with Crippen LogP contribution in [-0.2, 0) is 0 Å². The van der Waals surface area contributed by atoms with Crippen molar-refractivity contribution in [1.29, 1.82) is 0 Å². The molecule has 2 N–H and O–H groups in total. The molecule has 0 radical (unpaired) electrons. The number of nitrogen functional groups attached to an aromatic ring is 1. The van der Waals surface area contributed by atoms with Crippen molar-refractivity contribution in [2.75, 3.05) is 20.0 Å². The highest BCUT2D eigenvalue weighted by Gasteiger charge is 2.17. The molecule has 2 aromatic carbocycles. The SMILES string of the molecule is COc1cc(Br)c(C(=O)c2cc(N)cc(Br)c2)cc1OC. The zero-order valence-corrected chi connectivity index (χ0v) is 14.6. The van der Waals surface area contributed by atoms with Gasteiger partial charge in [-0.2, -0.15) is 0 Å². The van der Waals surface area contributed by atoms with E-state index in [0.29, 0.717) is 32.8 Å². The van der Waals surface area contributed by atoms with E-state index in [1.807, 2.05) is 0 Å². The lowest BCUT2D eigenvalue weighted by atomic mass is 10.0. The van der Waals surface area contributed by atoms with E-state index >= 15 is 0 Å². The van der Waals surface area contributed by atoms with Crippen LogP contribution in [0.2, 0.25) is 0 Å². The summed E-state index contributed by atoms with van der Waals surface area (Å²) in [4.78, 5) is 12.6. The summed E-state index contributed by atoms with van der Waals surface area (Å²) >= 11 is 6.72. The molecule has 0 aromatic heterocycles. The van der Waals surface area contributed by atoms with Crippen molar-refractivity contribution in [2.24, 2.45) is 0 Å². The zero-order chi connectivity index (χ0) is 15.6. The number of hydrogen-bond acceptors (Lipinski definition) is 4. The maximum atomic E-state index is 12.6. The van der Waals surface area contributed by atoms with Crippen LogP contribution in [0.1, 0.15) is 15.9 Å². The third-order valence-electron chi connectivity index (χ3n) is 2.90. The molecule has 0 amide bonds. The van der Waals surface area contributed by atoms with Gasteiger partial charge in [0.05, 0.1) is 14.2 Å². The molecule has 0 bridgehead atoms. The molecule has 0 fully saturated rings. The van der Waals surface area contributed by atoms with Gasteiger partial charge in [-0.25, -0.2) is 0 Å². The van der Waals surface area contributed by atoms with Crippen LogP contribution in [0.3, 0.4) is 0 Å². The molecular formula is C15H13Br2NO3. The van der Waals surface area contributed by atoms with Crippen molar-refractivity contribution >= 4 is 43.3 Å². The minimum atomic E-state index is -0.157. The number of carbonyl (C=O) groups is 1. The van der Waals surface area contributed by atoms with Gasteiger partial charge in [-0.3, -0.25) is 4.79 Å². The Morgan fingerprint density at radius 1 is 1.00 bits per heavy atom. The third-order valence-corrected chi connectivity index (χ3v) is 4.01. The fraction of sp³-hybridized carbons (Fsp3) is 0.133. The van der Waals surface area contributed by atoms with Gasteiger partial charge in [0.15, 0.2) is 17.3 Å². The average molecular weight is 415 g/mol. The highest BCUT2D eigenvalue weighted by atomic mass is 79.9. The van der Waals surface area contributed by atoms with Gasteiger partial charge in [0.25, 0.3) is 0 Å². The molecule has 0 atom stereocenters. The smallest absolute Gasteiger partial charge is 0.194 e. The van der Waals surface area contributed by atoms with Crippen LogP contribution in [0, 0.1) is 0 Å². The Kier molecular flexibility index (Phi) is 4.90. The minimum Gasteiger partial charge on any atom is -0.493 e. The number of ether oxygens (including phenoxy) is 2. The Hall–Kier alpha value is -1.53. The highest BCUT2D eigenvalue weighted by molar-refractivity contribution is 9.10. The number of benzene rings is 2. The third kappa shape index (κ3) is 3.39. The largest absolute Gasteiger partial charge is 0.493 e. The number of halogens is 2. The van der Waals surface area contributed by atoms with E-state index < -0.39 is 0 Å². The first-order valence-electron chi connectivity index (χ1n) is 5.98. The van der Waals surface area contributed by atoms with Gasteiger partial charge < -0.3 is 15.2 Å². The first kappa shape index (κ1) is 15.9. The second-order valence-electron chi connectivity index (χ2n) is 4.29. The summed E-state index contributed by atoms with van der Waals surface area (Å²) in [5.74, 6) is 0.887. The maximum absolute atomic E-state index is 12.6. The van der Waals surface area contributed by atoms with Crippen molar-refractivity contribution in [2.45, 2.75) is 0 Å². The van der Waals surface area contributed by atoms with E-state index in [1.165, 1.54) is 7.11 Å². The molecule has 6 heteroatoms. The summed E-state index contributed by atoms with van der Waals surface area (Å²) in [7, 11) is 3.07. The van der Waals surface area contributed by atoms with E-state index in [9.17, 15) is 4.79 Å². The van der Waals surface area contributed by atoms with Crippen molar-refractivity contribution < 1.29 is 14.3 Å². The quantitative estimate of drug-likeness (QED) is 0.605. The van der Waals surface area contributed by atoms with Crippen LogP contribution in [0.25, 0.3) is 0 Å². The number of anilines is 1. The molecule has 110 valence electrons. The summed E-state index contributed by atoms with van der Waals surface area (Å²) in [6, 6.07) is 8.44. The van der Waals surface area contributed by atoms with Crippen LogP contribution >= 0.6 is 31.9 Å². The molecule has 0 spiro atoms. The molecule has 0 aliphatic rings. The number of rotatable bonds is 4. The Morgan fingerprint density at radius 2 is 1.62 bits per heavy atom. The zero-order valence-electron chi connectivity index (χ0n) is 11.4.